The molecule has 0 aliphatic heterocycles. The Morgan fingerprint density at radius 1 is 0.900 bits per heavy atom. The van der Waals surface area contributed by atoms with Gasteiger partial charge in [-0.25, -0.2) is 8.78 Å². The van der Waals surface area contributed by atoms with Crippen LogP contribution in [0.2, 0.25) is 0 Å². The number of rotatable bonds is 3. The monoisotopic (exact) mass is 276 g/mol. The second-order valence-electron chi connectivity index (χ2n) is 5.31. The van der Waals surface area contributed by atoms with Gasteiger partial charge >= 0.3 is 0 Å². The molecule has 1 atom stereocenters. The summed E-state index contributed by atoms with van der Waals surface area (Å²) in [6, 6.07) is 7.34. The molecule has 1 unspecified atom stereocenters. The zero-order valence-electron chi connectivity index (χ0n) is 11.9. The van der Waals surface area contributed by atoms with Gasteiger partial charge in [0.2, 0.25) is 0 Å². The van der Waals surface area contributed by atoms with E-state index in [9.17, 15) is 13.9 Å². The molecule has 0 amide bonds. The lowest BCUT2D eigenvalue weighted by molar-refractivity contribution is 0.177. The zero-order valence-corrected chi connectivity index (χ0v) is 11.9. The van der Waals surface area contributed by atoms with Crippen molar-refractivity contribution in [1.82, 2.24) is 0 Å². The summed E-state index contributed by atoms with van der Waals surface area (Å²) in [7, 11) is 0. The molecule has 1 nitrogen and oxygen atoms in total. The Kier molecular flexibility index (Phi) is 4.19. The van der Waals surface area contributed by atoms with E-state index < -0.39 is 17.7 Å². The van der Waals surface area contributed by atoms with Gasteiger partial charge in [-0.05, 0) is 55.2 Å². The fourth-order valence-electron chi connectivity index (χ4n) is 2.77. The average molecular weight is 276 g/mol. The molecule has 2 aromatic rings. The van der Waals surface area contributed by atoms with Crippen LogP contribution in [-0.2, 0) is 6.42 Å². The van der Waals surface area contributed by atoms with Crippen LogP contribution in [0.15, 0.2) is 30.3 Å². The van der Waals surface area contributed by atoms with Crippen LogP contribution in [0, 0.1) is 32.4 Å². The van der Waals surface area contributed by atoms with Crippen molar-refractivity contribution in [3.05, 3.63) is 69.8 Å². The van der Waals surface area contributed by atoms with Gasteiger partial charge in [0.05, 0.1) is 6.10 Å². The predicted octanol–water partition coefficient (Wildman–Crippen LogP) is 4.17. The smallest absolute Gasteiger partial charge is 0.126 e. The lowest BCUT2D eigenvalue weighted by atomic mass is 9.92. The Morgan fingerprint density at radius 3 is 1.90 bits per heavy atom. The fourth-order valence-corrected chi connectivity index (χ4v) is 2.77. The summed E-state index contributed by atoms with van der Waals surface area (Å²) in [6.45, 7) is 5.87. The van der Waals surface area contributed by atoms with Crippen LogP contribution in [0.5, 0.6) is 0 Å². The SMILES string of the molecule is Cc1cc(C)c(C(O)Cc2cc(F)cc(F)c2)c(C)c1. The first-order valence-electron chi connectivity index (χ1n) is 6.57. The molecule has 20 heavy (non-hydrogen) atoms. The molecule has 0 aliphatic carbocycles. The van der Waals surface area contributed by atoms with Crippen LogP contribution in [-0.4, -0.2) is 5.11 Å². The van der Waals surface area contributed by atoms with E-state index in [1.807, 2.05) is 32.9 Å². The number of hydrogen-bond acceptors (Lipinski definition) is 1. The highest BCUT2D eigenvalue weighted by atomic mass is 19.1. The summed E-state index contributed by atoms with van der Waals surface area (Å²) in [5.41, 5.74) is 4.40. The molecule has 3 heteroatoms. The van der Waals surface area contributed by atoms with Crippen molar-refractivity contribution in [1.29, 1.82) is 0 Å². The number of aliphatic hydroxyl groups is 1. The minimum atomic E-state index is -0.767. The van der Waals surface area contributed by atoms with E-state index in [1.54, 1.807) is 0 Å². The highest BCUT2D eigenvalue weighted by Gasteiger charge is 2.15. The molecule has 0 fully saturated rings. The van der Waals surface area contributed by atoms with Crippen molar-refractivity contribution in [3.63, 3.8) is 0 Å². The van der Waals surface area contributed by atoms with Crippen LogP contribution < -0.4 is 0 Å². The number of hydrogen-bond donors (Lipinski definition) is 1. The Labute approximate surface area is 117 Å². The van der Waals surface area contributed by atoms with Crippen molar-refractivity contribution in [2.75, 3.05) is 0 Å². The van der Waals surface area contributed by atoms with Crippen molar-refractivity contribution >= 4 is 0 Å². The highest BCUT2D eigenvalue weighted by Crippen LogP contribution is 2.26. The van der Waals surface area contributed by atoms with E-state index in [4.69, 9.17) is 0 Å². The second-order valence-corrected chi connectivity index (χ2v) is 5.31. The van der Waals surface area contributed by atoms with E-state index in [2.05, 4.69) is 0 Å². The third-order valence-electron chi connectivity index (χ3n) is 3.42. The van der Waals surface area contributed by atoms with Gasteiger partial charge in [-0.2, -0.15) is 0 Å². The maximum Gasteiger partial charge on any atom is 0.126 e. The number of benzene rings is 2. The van der Waals surface area contributed by atoms with E-state index in [0.717, 1.165) is 28.3 Å². The molecule has 0 aliphatic rings. The summed E-state index contributed by atoms with van der Waals surface area (Å²) < 4.78 is 26.3. The topological polar surface area (TPSA) is 20.2 Å². The molecule has 0 bridgehead atoms. The molecule has 0 saturated carbocycles. The summed E-state index contributed by atoms with van der Waals surface area (Å²) in [5.74, 6) is -1.24. The van der Waals surface area contributed by atoms with Crippen LogP contribution in [0.1, 0.15) is 33.9 Å². The quantitative estimate of drug-likeness (QED) is 0.892. The maximum absolute atomic E-state index is 13.2. The normalized spacial score (nSPS) is 12.5. The second kappa shape index (κ2) is 5.71. The Bertz CT molecular complexity index is 592. The predicted molar refractivity (Wildman–Crippen MR) is 75.7 cm³/mol. The summed E-state index contributed by atoms with van der Waals surface area (Å²) >= 11 is 0. The van der Waals surface area contributed by atoms with Gasteiger partial charge < -0.3 is 5.11 Å². The third kappa shape index (κ3) is 3.23. The lowest BCUT2D eigenvalue weighted by Gasteiger charge is -2.17. The Balaban J connectivity index is 2.30. The van der Waals surface area contributed by atoms with Crippen LogP contribution >= 0.6 is 0 Å². The molecule has 0 saturated heterocycles. The molecule has 0 radical (unpaired) electrons. The maximum atomic E-state index is 13.2. The van der Waals surface area contributed by atoms with E-state index in [-0.39, 0.29) is 6.42 Å². The van der Waals surface area contributed by atoms with Crippen molar-refractivity contribution in [2.24, 2.45) is 0 Å². The number of halogens is 2. The largest absolute Gasteiger partial charge is 0.388 e. The molecule has 1 N–H and O–H groups in total. The average Bonchev–Trinajstić information content (AvgIpc) is 2.25. The molecule has 2 rings (SSSR count). The first-order chi connectivity index (χ1) is 9.36. The molecular formula is C17H18F2O. The first kappa shape index (κ1) is 14.7. The van der Waals surface area contributed by atoms with Gasteiger partial charge in [-0.15, -0.1) is 0 Å². The third-order valence-corrected chi connectivity index (χ3v) is 3.42. The first-order valence-corrected chi connectivity index (χ1v) is 6.57. The van der Waals surface area contributed by atoms with Gasteiger partial charge in [0.1, 0.15) is 11.6 Å². The molecule has 0 heterocycles. The molecule has 0 spiro atoms. The summed E-state index contributed by atoms with van der Waals surface area (Å²) in [4.78, 5) is 0. The minimum absolute atomic E-state index is 0.194. The molecule has 106 valence electrons. The van der Waals surface area contributed by atoms with E-state index >= 15 is 0 Å². The summed E-state index contributed by atoms with van der Waals surface area (Å²) in [6.07, 6.45) is -0.573. The molecule has 2 aromatic carbocycles. The summed E-state index contributed by atoms with van der Waals surface area (Å²) in [5, 5.41) is 10.4. The van der Waals surface area contributed by atoms with Crippen LogP contribution in [0.25, 0.3) is 0 Å². The zero-order chi connectivity index (χ0) is 14.9. The standard InChI is InChI=1S/C17H18F2O/c1-10-4-11(2)17(12(3)5-10)16(20)8-13-6-14(18)9-15(19)7-13/h4-7,9,16,20H,8H2,1-3H3. The van der Waals surface area contributed by atoms with Gasteiger partial charge in [-0.3, -0.25) is 0 Å². The van der Waals surface area contributed by atoms with Crippen LogP contribution in [0.4, 0.5) is 8.78 Å². The number of aryl methyl sites for hydroxylation is 3. The van der Waals surface area contributed by atoms with Crippen molar-refractivity contribution < 1.29 is 13.9 Å². The highest BCUT2D eigenvalue weighted by molar-refractivity contribution is 5.39. The van der Waals surface area contributed by atoms with E-state index in [0.29, 0.717) is 5.56 Å². The van der Waals surface area contributed by atoms with Crippen molar-refractivity contribution in [3.8, 4) is 0 Å². The fraction of sp³-hybridized carbons (Fsp3) is 0.294. The molecule has 0 aromatic heterocycles. The van der Waals surface area contributed by atoms with Crippen molar-refractivity contribution in [2.45, 2.75) is 33.3 Å². The lowest BCUT2D eigenvalue weighted by Crippen LogP contribution is -2.07. The minimum Gasteiger partial charge on any atom is -0.388 e. The molecular weight excluding hydrogens is 258 g/mol. The van der Waals surface area contributed by atoms with Gasteiger partial charge in [0, 0.05) is 12.5 Å². The van der Waals surface area contributed by atoms with Crippen LogP contribution in [0.3, 0.4) is 0 Å². The number of aliphatic hydroxyl groups excluding tert-OH is 1. The van der Waals surface area contributed by atoms with Gasteiger partial charge in [0.15, 0.2) is 0 Å². The Hall–Kier alpha value is -1.74. The Morgan fingerprint density at radius 2 is 1.40 bits per heavy atom. The van der Waals surface area contributed by atoms with E-state index in [1.165, 1.54) is 12.1 Å². The van der Waals surface area contributed by atoms with Gasteiger partial charge in [-0.1, -0.05) is 17.7 Å². The van der Waals surface area contributed by atoms with Gasteiger partial charge in [0.25, 0.3) is 0 Å².